The first-order valence-corrected chi connectivity index (χ1v) is 6.76. The Bertz CT molecular complexity index is 528. The van der Waals surface area contributed by atoms with Gasteiger partial charge in [0, 0.05) is 25.8 Å². The van der Waals surface area contributed by atoms with Gasteiger partial charge in [0.2, 0.25) is 5.91 Å². The van der Waals surface area contributed by atoms with E-state index in [4.69, 9.17) is 0 Å². The first kappa shape index (κ1) is 14.3. The number of rotatable bonds is 3. The summed E-state index contributed by atoms with van der Waals surface area (Å²) in [4.78, 5) is 30.3. The summed E-state index contributed by atoms with van der Waals surface area (Å²) in [6.07, 6.45) is 3.22. The molecule has 1 aromatic heterocycles. The van der Waals surface area contributed by atoms with E-state index in [9.17, 15) is 9.59 Å². The lowest BCUT2D eigenvalue weighted by Gasteiger charge is -2.41. The molecule has 0 aromatic carbocycles. The van der Waals surface area contributed by atoms with Gasteiger partial charge in [0.25, 0.3) is 5.91 Å². The van der Waals surface area contributed by atoms with E-state index in [2.05, 4.69) is 15.6 Å². The van der Waals surface area contributed by atoms with Crippen LogP contribution in [-0.2, 0) is 4.79 Å². The van der Waals surface area contributed by atoms with E-state index in [1.165, 1.54) is 0 Å². The van der Waals surface area contributed by atoms with Crippen molar-refractivity contribution in [2.45, 2.75) is 26.3 Å². The van der Waals surface area contributed by atoms with E-state index in [-0.39, 0.29) is 11.8 Å². The van der Waals surface area contributed by atoms with Crippen molar-refractivity contribution in [2.24, 2.45) is 0 Å². The van der Waals surface area contributed by atoms with Gasteiger partial charge < -0.3 is 15.5 Å². The van der Waals surface area contributed by atoms with Gasteiger partial charge in [0.05, 0.1) is 17.4 Å². The molecular formula is C14H20N4O2. The minimum Gasteiger partial charge on any atom is -0.383 e. The van der Waals surface area contributed by atoms with Crippen molar-refractivity contribution in [3.8, 4) is 0 Å². The highest BCUT2D eigenvalue weighted by Gasteiger charge is 2.41. The molecule has 0 radical (unpaired) electrons. The van der Waals surface area contributed by atoms with E-state index in [0.717, 1.165) is 0 Å². The van der Waals surface area contributed by atoms with Crippen LogP contribution in [0.1, 0.15) is 31.1 Å². The summed E-state index contributed by atoms with van der Waals surface area (Å²) in [6, 6.07) is 1.68. The lowest BCUT2D eigenvalue weighted by molar-refractivity contribution is -0.133. The van der Waals surface area contributed by atoms with E-state index in [1.807, 2.05) is 6.92 Å². The molecule has 0 aliphatic carbocycles. The third kappa shape index (κ3) is 2.45. The molecule has 2 N–H and O–H groups in total. The number of piperazine rings is 1. The molecule has 20 heavy (non-hydrogen) atoms. The van der Waals surface area contributed by atoms with Gasteiger partial charge in [-0.3, -0.25) is 14.6 Å². The molecule has 0 unspecified atom stereocenters. The van der Waals surface area contributed by atoms with E-state index < -0.39 is 5.54 Å². The molecule has 1 fully saturated rings. The molecule has 1 aliphatic heterocycles. The maximum Gasteiger partial charge on any atom is 0.257 e. The minimum absolute atomic E-state index is 0.129. The summed E-state index contributed by atoms with van der Waals surface area (Å²) in [5.74, 6) is -0.278. The quantitative estimate of drug-likeness (QED) is 0.859. The highest BCUT2D eigenvalue weighted by Crippen LogP contribution is 2.23. The second kappa shape index (κ2) is 5.48. The van der Waals surface area contributed by atoms with Crippen molar-refractivity contribution in [3.05, 3.63) is 24.0 Å². The lowest BCUT2D eigenvalue weighted by Crippen LogP contribution is -2.63. The summed E-state index contributed by atoms with van der Waals surface area (Å²) in [5, 5.41) is 5.91. The number of amides is 2. The molecule has 2 heterocycles. The average Bonchev–Trinajstić information content (AvgIpc) is 2.42. The fourth-order valence-corrected chi connectivity index (χ4v) is 2.31. The second-order valence-electron chi connectivity index (χ2n) is 5.22. The zero-order valence-electron chi connectivity index (χ0n) is 12.1. The number of anilines is 1. The Labute approximate surface area is 118 Å². The lowest BCUT2D eigenvalue weighted by atomic mass is 9.97. The standard InChI is InChI=1S/C14H20N4O2/c1-4-16-11-9-15-6-5-10(11)12(19)18-8-7-17-13(20)14(18,2)3/h5-6,9,16H,4,7-8H2,1-3H3,(H,17,20). The summed E-state index contributed by atoms with van der Waals surface area (Å²) >= 11 is 0. The van der Waals surface area contributed by atoms with Crippen molar-refractivity contribution in [1.82, 2.24) is 15.2 Å². The van der Waals surface area contributed by atoms with Crippen LogP contribution in [0, 0.1) is 0 Å². The van der Waals surface area contributed by atoms with Crippen LogP contribution in [0.2, 0.25) is 0 Å². The third-order valence-electron chi connectivity index (χ3n) is 3.52. The minimum atomic E-state index is -0.845. The molecular weight excluding hydrogens is 256 g/mol. The number of nitrogens with zero attached hydrogens (tertiary/aromatic N) is 2. The summed E-state index contributed by atoms with van der Waals surface area (Å²) in [7, 11) is 0. The van der Waals surface area contributed by atoms with E-state index >= 15 is 0 Å². The Hall–Kier alpha value is -2.11. The predicted octanol–water partition coefficient (Wildman–Crippen LogP) is 0.864. The van der Waals surface area contributed by atoms with Crippen LogP contribution in [0.3, 0.4) is 0 Å². The molecule has 1 saturated heterocycles. The van der Waals surface area contributed by atoms with Crippen LogP contribution in [0.15, 0.2) is 18.5 Å². The van der Waals surface area contributed by atoms with Crippen molar-refractivity contribution in [2.75, 3.05) is 25.0 Å². The number of nitrogens with one attached hydrogen (secondary N) is 2. The Kier molecular flexibility index (Phi) is 3.92. The van der Waals surface area contributed by atoms with Crippen molar-refractivity contribution in [3.63, 3.8) is 0 Å². The number of hydrogen-bond acceptors (Lipinski definition) is 4. The zero-order chi connectivity index (χ0) is 14.8. The van der Waals surface area contributed by atoms with Crippen LogP contribution in [0.25, 0.3) is 0 Å². The van der Waals surface area contributed by atoms with Crippen molar-refractivity contribution < 1.29 is 9.59 Å². The average molecular weight is 276 g/mol. The Morgan fingerprint density at radius 3 is 3.00 bits per heavy atom. The molecule has 6 nitrogen and oxygen atoms in total. The maximum absolute atomic E-state index is 12.7. The van der Waals surface area contributed by atoms with Crippen LogP contribution < -0.4 is 10.6 Å². The van der Waals surface area contributed by atoms with Gasteiger partial charge in [-0.1, -0.05) is 0 Å². The van der Waals surface area contributed by atoms with E-state index in [0.29, 0.717) is 30.9 Å². The number of hydrogen-bond donors (Lipinski definition) is 2. The molecule has 6 heteroatoms. The van der Waals surface area contributed by atoms with Gasteiger partial charge in [-0.05, 0) is 26.8 Å². The molecule has 0 spiro atoms. The predicted molar refractivity (Wildman–Crippen MR) is 76.5 cm³/mol. The van der Waals surface area contributed by atoms with Crippen LogP contribution in [0.5, 0.6) is 0 Å². The highest BCUT2D eigenvalue weighted by molar-refractivity contribution is 6.03. The monoisotopic (exact) mass is 276 g/mol. The first-order valence-electron chi connectivity index (χ1n) is 6.76. The van der Waals surface area contributed by atoms with Crippen LogP contribution >= 0.6 is 0 Å². The Balaban J connectivity index is 2.33. The van der Waals surface area contributed by atoms with Crippen molar-refractivity contribution >= 4 is 17.5 Å². The molecule has 108 valence electrons. The van der Waals surface area contributed by atoms with Gasteiger partial charge in [0.15, 0.2) is 0 Å². The Morgan fingerprint density at radius 2 is 2.30 bits per heavy atom. The first-order chi connectivity index (χ1) is 9.48. The number of aromatic nitrogens is 1. The molecule has 0 saturated carbocycles. The summed E-state index contributed by atoms with van der Waals surface area (Å²) in [6.45, 7) is 7.16. The topological polar surface area (TPSA) is 74.3 Å². The summed E-state index contributed by atoms with van der Waals surface area (Å²) < 4.78 is 0. The van der Waals surface area contributed by atoms with Gasteiger partial charge in [-0.15, -0.1) is 0 Å². The molecule has 2 amide bonds. The molecule has 1 aromatic rings. The Morgan fingerprint density at radius 1 is 1.55 bits per heavy atom. The fourth-order valence-electron chi connectivity index (χ4n) is 2.31. The normalized spacial score (nSPS) is 17.6. The van der Waals surface area contributed by atoms with E-state index in [1.54, 1.807) is 37.2 Å². The molecule has 1 aliphatic rings. The fraction of sp³-hybridized carbons (Fsp3) is 0.500. The van der Waals surface area contributed by atoms with Gasteiger partial charge in [0.1, 0.15) is 5.54 Å². The van der Waals surface area contributed by atoms with Gasteiger partial charge in [-0.2, -0.15) is 0 Å². The molecule has 0 atom stereocenters. The maximum atomic E-state index is 12.7. The smallest absolute Gasteiger partial charge is 0.257 e. The molecule has 0 bridgehead atoms. The number of carbonyl (C=O) groups is 2. The highest BCUT2D eigenvalue weighted by atomic mass is 16.2. The summed E-state index contributed by atoms with van der Waals surface area (Å²) in [5.41, 5.74) is 0.397. The third-order valence-corrected chi connectivity index (χ3v) is 3.52. The SMILES string of the molecule is CCNc1cnccc1C(=O)N1CCNC(=O)C1(C)C. The largest absolute Gasteiger partial charge is 0.383 e. The number of pyridine rings is 1. The second-order valence-corrected chi connectivity index (χ2v) is 5.22. The van der Waals surface area contributed by atoms with Gasteiger partial charge in [-0.25, -0.2) is 0 Å². The van der Waals surface area contributed by atoms with Crippen LogP contribution in [0.4, 0.5) is 5.69 Å². The van der Waals surface area contributed by atoms with Gasteiger partial charge >= 0.3 is 0 Å². The zero-order valence-corrected chi connectivity index (χ0v) is 12.1. The molecule has 2 rings (SSSR count). The number of carbonyl (C=O) groups excluding carboxylic acids is 2. The van der Waals surface area contributed by atoms with Crippen molar-refractivity contribution in [1.29, 1.82) is 0 Å². The van der Waals surface area contributed by atoms with Crippen LogP contribution in [-0.4, -0.2) is 46.9 Å².